The molecule has 3 aliphatic rings. The van der Waals surface area contributed by atoms with E-state index >= 15 is 0 Å². The molecule has 3 aromatic rings. The molecule has 0 radical (unpaired) electrons. The second-order valence-corrected chi connectivity index (χ2v) is 8.62. The van der Waals surface area contributed by atoms with Crippen LogP contribution in [-0.2, 0) is 5.54 Å². The summed E-state index contributed by atoms with van der Waals surface area (Å²) in [5.41, 5.74) is 4.92. The molecule has 142 valence electrons. The Kier molecular flexibility index (Phi) is 3.04. The lowest BCUT2D eigenvalue weighted by Crippen LogP contribution is -2.59. The Morgan fingerprint density at radius 2 is 1.68 bits per heavy atom. The number of fused-ring (bicyclic) bond motifs is 3. The van der Waals surface area contributed by atoms with Gasteiger partial charge in [0.15, 0.2) is 0 Å². The molecule has 2 aromatic carbocycles. The minimum absolute atomic E-state index is 0.0306. The summed E-state index contributed by atoms with van der Waals surface area (Å²) >= 11 is 0. The summed E-state index contributed by atoms with van der Waals surface area (Å²) in [7, 11) is 2.21. The van der Waals surface area contributed by atoms with Crippen molar-refractivity contribution in [3.63, 3.8) is 0 Å². The number of carbonyl (C=O) groups is 1. The molecule has 5 nitrogen and oxygen atoms in total. The minimum atomic E-state index is -0.119. The molecular formula is C23H24N4O. The van der Waals surface area contributed by atoms with Crippen LogP contribution in [-0.4, -0.2) is 30.1 Å². The zero-order chi connectivity index (χ0) is 18.9. The lowest BCUT2D eigenvalue weighted by molar-refractivity contribution is 0.174. The van der Waals surface area contributed by atoms with Crippen molar-refractivity contribution in [2.24, 2.45) is 0 Å². The number of urea groups is 1. The van der Waals surface area contributed by atoms with Crippen molar-refractivity contribution in [2.75, 3.05) is 23.4 Å². The SMILES string of the molecule is CN1c2ccccc2C12CCC1(CC2)CN(c2c[nH]c3ccccc23)C(=O)N1. The van der Waals surface area contributed by atoms with E-state index in [2.05, 4.69) is 58.6 Å². The van der Waals surface area contributed by atoms with Crippen LogP contribution in [0.4, 0.5) is 16.2 Å². The van der Waals surface area contributed by atoms with Crippen LogP contribution in [0.15, 0.2) is 54.7 Å². The third-order valence-corrected chi connectivity index (χ3v) is 7.38. The molecule has 1 aliphatic carbocycles. The first-order valence-corrected chi connectivity index (χ1v) is 10.1. The lowest BCUT2D eigenvalue weighted by atomic mass is 9.64. The molecule has 28 heavy (non-hydrogen) atoms. The van der Waals surface area contributed by atoms with E-state index in [1.807, 2.05) is 23.2 Å². The van der Waals surface area contributed by atoms with E-state index in [1.54, 1.807) is 0 Å². The van der Waals surface area contributed by atoms with Gasteiger partial charge in [-0.2, -0.15) is 0 Å². The Labute approximate surface area is 164 Å². The number of para-hydroxylation sites is 2. The Balaban J connectivity index is 1.27. The van der Waals surface area contributed by atoms with Gasteiger partial charge in [-0.3, -0.25) is 4.90 Å². The van der Waals surface area contributed by atoms with Gasteiger partial charge in [-0.1, -0.05) is 36.4 Å². The van der Waals surface area contributed by atoms with Gasteiger partial charge in [0.1, 0.15) is 0 Å². The third kappa shape index (κ3) is 1.94. The molecular weight excluding hydrogens is 348 g/mol. The summed E-state index contributed by atoms with van der Waals surface area (Å²) in [4.78, 5) is 20.6. The molecule has 5 heteroatoms. The summed E-state index contributed by atoms with van der Waals surface area (Å²) < 4.78 is 0. The number of rotatable bonds is 1. The Bertz CT molecular complexity index is 1090. The zero-order valence-electron chi connectivity index (χ0n) is 16.0. The topological polar surface area (TPSA) is 51.4 Å². The standard InChI is InChI=1S/C23H24N4O/c1-26-19-9-5-3-7-17(19)23(26)12-10-22(11-13-23)15-27(21(28)25-22)20-14-24-18-8-4-2-6-16(18)20/h2-9,14,24H,10-13,15H2,1H3,(H,25,28). The number of nitrogens with one attached hydrogen (secondary N) is 2. The minimum Gasteiger partial charge on any atom is -0.364 e. The van der Waals surface area contributed by atoms with Gasteiger partial charge in [-0.25, -0.2) is 4.79 Å². The summed E-state index contributed by atoms with van der Waals surface area (Å²) in [5.74, 6) is 0. The van der Waals surface area contributed by atoms with Gasteiger partial charge in [0.2, 0.25) is 0 Å². The molecule has 2 amide bonds. The molecule has 0 bridgehead atoms. The lowest BCUT2D eigenvalue weighted by Gasteiger charge is -2.58. The molecule has 1 aromatic heterocycles. The first-order valence-electron chi connectivity index (χ1n) is 10.1. The number of amides is 2. The van der Waals surface area contributed by atoms with Crippen LogP contribution in [0.25, 0.3) is 10.9 Å². The fraction of sp³-hybridized carbons (Fsp3) is 0.348. The van der Waals surface area contributed by atoms with Crippen LogP contribution >= 0.6 is 0 Å². The highest BCUT2D eigenvalue weighted by atomic mass is 16.2. The largest absolute Gasteiger partial charge is 0.364 e. The summed E-state index contributed by atoms with van der Waals surface area (Å²) in [5, 5.41) is 4.46. The summed E-state index contributed by atoms with van der Waals surface area (Å²) in [6, 6.07) is 16.9. The average Bonchev–Trinajstić information content (AvgIpc) is 3.29. The van der Waals surface area contributed by atoms with E-state index in [0.717, 1.165) is 48.8 Å². The van der Waals surface area contributed by atoms with Gasteiger partial charge in [0.05, 0.1) is 23.3 Å². The maximum absolute atomic E-state index is 12.9. The third-order valence-electron chi connectivity index (χ3n) is 7.38. The summed E-state index contributed by atoms with van der Waals surface area (Å²) in [6.45, 7) is 0.745. The predicted octanol–water partition coefficient (Wildman–Crippen LogP) is 4.36. The van der Waals surface area contributed by atoms with Crippen molar-refractivity contribution in [3.8, 4) is 0 Å². The number of hydrogen-bond donors (Lipinski definition) is 2. The Morgan fingerprint density at radius 1 is 0.929 bits per heavy atom. The molecule has 0 atom stereocenters. The molecule has 6 rings (SSSR count). The molecule has 2 N–H and O–H groups in total. The van der Waals surface area contributed by atoms with Crippen molar-refractivity contribution in [1.29, 1.82) is 0 Å². The molecule has 2 spiro atoms. The van der Waals surface area contributed by atoms with E-state index in [0.29, 0.717) is 0 Å². The van der Waals surface area contributed by atoms with E-state index in [-0.39, 0.29) is 17.1 Å². The van der Waals surface area contributed by atoms with Crippen molar-refractivity contribution in [1.82, 2.24) is 10.3 Å². The van der Waals surface area contributed by atoms with Crippen LogP contribution in [0.3, 0.4) is 0 Å². The Hall–Kier alpha value is -2.95. The van der Waals surface area contributed by atoms with Crippen LogP contribution in [0.2, 0.25) is 0 Å². The first kappa shape index (κ1) is 16.0. The number of nitrogens with zero attached hydrogens (tertiary/aromatic N) is 2. The van der Waals surface area contributed by atoms with Crippen molar-refractivity contribution in [2.45, 2.75) is 36.8 Å². The van der Waals surface area contributed by atoms with Crippen LogP contribution in [0.5, 0.6) is 0 Å². The number of anilines is 2. The smallest absolute Gasteiger partial charge is 0.322 e. The van der Waals surface area contributed by atoms with Crippen LogP contribution in [0.1, 0.15) is 31.2 Å². The van der Waals surface area contributed by atoms with Gasteiger partial charge in [0, 0.05) is 35.4 Å². The van der Waals surface area contributed by atoms with Crippen molar-refractivity contribution in [3.05, 3.63) is 60.3 Å². The van der Waals surface area contributed by atoms with Gasteiger partial charge in [0.25, 0.3) is 0 Å². The van der Waals surface area contributed by atoms with Crippen LogP contribution in [0, 0.1) is 0 Å². The van der Waals surface area contributed by atoms with Gasteiger partial charge >= 0.3 is 6.03 Å². The molecule has 3 heterocycles. The number of hydrogen-bond acceptors (Lipinski definition) is 2. The van der Waals surface area contributed by atoms with Gasteiger partial charge < -0.3 is 15.2 Å². The molecule has 2 aliphatic heterocycles. The normalized spacial score (nSPS) is 28.7. The maximum atomic E-state index is 12.9. The second-order valence-electron chi connectivity index (χ2n) is 8.62. The first-order chi connectivity index (χ1) is 13.6. The van der Waals surface area contributed by atoms with Crippen molar-refractivity contribution < 1.29 is 4.79 Å². The van der Waals surface area contributed by atoms with E-state index in [4.69, 9.17) is 0 Å². The fourth-order valence-electron chi connectivity index (χ4n) is 5.73. The van der Waals surface area contributed by atoms with E-state index in [9.17, 15) is 4.79 Å². The molecule has 1 saturated heterocycles. The molecule has 1 saturated carbocycles. The Morgan fingerprint density at radius 3 is 2.54 bits per heavy atom. The number of benzene rings is 2. The maximum Gasteiger partial charge on any atom is 0.322 e. The number of aromatic amines is 1. The van der Waals surface area contributed by atoms with E-state index < -0.39 is 0 Å². The highest BCUT2D eigenvalue weighted by Crippen LogP contribution is 2.56. The van der Waals surface area contributed by atoms with Gasteiger partial charge in [-0.05, 0) is 37.8 Å². The van der Waals surface area contributed by atoms with E-state index in [1.165, 1.54) is 11.3 Å². The zero-order valence-corrected chi connectivity index (χ0v) is 16.0. The fourth-order valence-corrected chi connectivity index (χ4v) is 5.73. The number of aromatic nitrogens is 1. The quantitative estimate of drug-likeness (QED) is 0.667. The molecule has 2 fully saturated rings. The number of H-pyrrole nitrogens is 1. The average molecular weight is 372 g/mol. The van der Waals surface area contributed by atoms with Crippen LogP contribution < -0.4 is 15.1 Å². The predicted molar refractivity (Wildman–Crippen MR) is 112 cm³/mol. The second kappa shape index (κ2) is 5.31. The molecule has 0 unspecified atom stereocenters. The van der Waals surface area contributed by atoms with Crippen molar-refractivity contribution >= 4 is 28.3 Å². The highest BCUT2D eigenvalue weighted by molar-refractivity contribution is 6.04. The highest BCUT2D eigenvalue weighted by Gasteiger charge is 2.55. The monoisotopic (exact) mass is 372 g/mol. The van der Waals surface area contributed by atoms with Gasteiger partial charge in [-0.15, -0.1) is 0 Å². The summed E-state index contributed by atoms with van der Waals surface area (Å²) in [6.07, 6.45) is 6.15. The number of carbonyl (C=O) groups excluding carboxylic acids is 1.